The van der Waals surface area contributed by atoms with E-state index in [1.165, 1.54) is 18.2 Å². The number of H-pyrrole nitrogens is 1. The lowest BCUT2D eigenvalue weighted by Crippen LogP contribution is -2.17. The fraction of sp³-hybridized carbons (Fsp3) is 0.286. The van der Waals surface area contributed by atoms with E-state index in [2.05, 4.69) is 9.97 Å². The molecule has 0 saturated carbocycles. The summed E-state index contributed by atoms with van der Waals surface area (Å²) in [5.41, 5.74) is 0.821. The number of aromatic nitrogens is 2. The molecule has 0 unspecified atom stereocenters. The quantitative estimate of drug-likeness (QED) is 0.803. The van der Waals surface area contributed by atoms with Crippen molar-refractivity contribution in [2.24, 2.45) is 0 Å². The smallest absolute Gasteiger partial charge is 0.264 e. The monoisotopic (exact) mass is 390 g/mol. The Hall–Kier alpha value is -1.31. The van der Waals surface area contributed by atoms with E-state index in [0.717, 1.165) is 0 Å². The molecule has 1 N–H and O–H groups in total. The zero-order valence-corrected chi connectivity index (χ0v) is 13.1. The van der Waals surface area contributed by atoms with Gasteiger partial charge in [0.05, 0.1) is 9.26 Å². The maximum Gasteiger partial charge on any atom is 0.264 e. The minimum atomic E-state index is -2.55. The molecule has 0 fully saturated rings. The number of rotatable bonds is 3. The van der Waals surface area contributed by atoms with Crippen LogP contribution in [-0.4, -0.2) is 9.97 Å². The predicted octanol–water partition coefficient (Wildman–Crippen LogP) is 4.10. The molecule has 106 valence electrons. The Morgan fingerprint density at radius 3 is 2.60 bits per heavy atom. The first-order valence-electron chi connectivity index (χ1n) is 6.08. The second-order valence-electron chi connectivity index (χ2n) is 4.69. The maximum absolute atomic E-state index is 12.7. The van der Waals surface area contributed by atoms with Gasteiger partial charge in [0, 0.05) is 11.1 Å². The van der Waals surface area contributed by atoms with Crippen molar-refractivity contribution in [2.75, 3.05) is 0 Å². The average molecular weight is 390 g/mol. The summed E-state index contributed by atoms with van der Waals surface area (Å²) in [6.07, 6.45) is -2.55. The molecule has 20 heavy (non-hydrogen) atoms. The Morgan fingerprint density at radius 1 is 1.30 bits per heavy atom. The molecule has 0 aliphatic rings. The first-order chi connectivity index (χ1) is 9.40. The van der Waals surface area contributed by atoms with Crippen LogP contribution in [-0.2, 0) is 0 Å². The standard InChI is InChI=1S/C14H13F2IN2O/c1-7(2)11-10(17)14(20)19-13(18-11)9-5-3-4-8(6-9)12(15)16/h3-7,12H,1-2H3,(H,18,19,20). The first-order valence-corrected chi connectivity index (χ1v) is 7.16. The van der Waals surface area contributed by atoms with Crippen LogP contribution in [0.3, 0.4) is 0 Å². The molecule has 2 aromatic rings. The highest BCUT2D eigenvalue weighted by molar-refractivity contribution is 14.1. The Bertz CT molecular complexity index is 683. The molecule has 1 aromatic carbocycles. The van der Waals surface area contributed by atoms with Gasteiger partial charge in [0.15, 0.2) is 0 Å². The van der Waals surface area contributed by atoms with Crippen LogP contribution in [0.1, 0.15) is 37.4 Å². The van der Waals surface area contributed by atoms with Crippen molar-refractivity contribution in [3.63, 3.8) is 0 Å². The normalized spacial score (nSPS) is 11.3. The van der Waals surface area contributed by atoms with Crippen molar-refractivity contribution in [1.82, 2.24) is 9.97 Å². The van der Waals surface area contributed by atoms with Crippen LogP contribution in [0.15, 0.2) is 29.1 Å². The summed E-state index contributed by atoms with van der Waals surface area (Å²) in [6.45, 7) is 3.87. The highest BCUT2D eigenvalue weighted by Crippen LogP contribution is 2.25. The van der Waals surface area contributed by atoms with Gasteiger partial charge in [-0.3, -0.25) is 4.79 Å². The van der Waals surface area contributed by atoms with E-state index in [-0.39, 0.29) is 17.0 Å². The fourth-order valence-corrected chi connectivity index (χ4v) is 2.70. The van der Waals surface area contributed by atoms with Crippen molar-refractivity contribution >= 4 is 22.6 Å². The highest BCUT2D eigenvalue weighted by atomic mass is 127. The fourth-order valence-electron chi connectivity index (χ4n) is 1.82. The van der Waals surface area contributed by atoms with Gasteiger partial charge in [-0.1, -0.05) is 32.0 Å². The number of nitrogens with zero attached hydrogens (tertiary/aromatic N) is 1. The molecule has 1 heterocycles. The zero-order chi connectivity index (χ0) is 14.9. The van der Waals surface area contributed by atoms with Crippen LogP contribution in [0.4, 0.5) is 8.78 Å². The minimum Gasteiger partial charge on any atom is -0.306 e. The van der Waals surface area contributed by atoms with E-state index in [9.17, 15) is 13.6 Å². The van der Waals surface area contributed by atoms with E-state index in [0.29, 0.717) is 20.7 Å². The maximum atomic E-state index is 12.7. The Kier molecular flexibility index (Phi) is 4.52. The van der Waals surface area contributed by atoms with Crippen LogP contribution >= 0.6 is 22.6 Å². The second kappa shape index (κ2) is 5.99. The van der Waals surface area contributed by atoms with E-state index in [1.807, 2.05) is 36.4 Å². The first kappa shape index (κ1) is 15.1. The third kappa shape index (κ3) is 3.05. The Balaban J connectivity index is 2.58. The van der Waals surface area contributed by atoms with Crippen LogP contribution < -0.4 is 5.56 Å². The molecule has 0 aliphatic heterocycles. The van der Waals surface area contributed by atoms with E-state index >= 15 is 0 Å². The number of hydrogen-bond acceptors (Lipinski definition) is 2. The molecule has 0 spiro atoms. The predicted molar refractivity (Wildman–Crippen MR) is 82.1 cm³/mol. The molecule has 0 amide bonds. The van der Waals surface area contributed by atoms with E-state index in [1.54, 1.807) is 6.07 Å². The number of nitrogens with one attached hydrogen (secondary N) is 1. The molecule has 6 heteroatoms. The Morgan fingerprint density at radius 2 is 2.00 bits per heavy atom. The molecule has 2 rings (SSSR count). The SMILES string of the molecule is CC(C)c1nc(-c2cccc(C(F)F)c2)[nH]c(=O)c1I. The third-order valence-corrected chi connectivity index (χ3v) is 3.89. The number of alkyl halides is 2. The van der Waals surface area contributed by atoms with Gasteiger partial charge in [0.2, 0.25) is 0 Å². The van der Waals surface area contributed by atoms with Crippen molar-refractivity contribution in [1.29, 1.82) is 0 Å². The van der Waals surface area contributed by atoms with Crippen molar-refractivity contribution in [3.05, 3.63) is 49.4 Å². The van der Waals surface area contributed by atoms with Crippen LogP contribution in [0.25, 0.3) is 11.4 Å². The molecular formula is C14H13F2IN2O. The number of benzene rings is 1. The largest absolute Gasteiger partial charge is 0.306 e. The van der Waals surface area contributed by atoms with Gasteiger partial charge in [-0.25, -0.2) is 13.8 Å². The summed E-state index contributed by atoms with van der Waals surface area (Å²) in [6, 6.07) is 5.88. The van der Waals surface area contributed by atoms with Crippen molar-refractivity contribution < 1.29 is 8.78 Å². The number of halogens is 3. The average Bonchev–Trinajstić information content (AvgIpc) is 2.41. The van der Waals surface area contributed by atoms with Gasteiger partial charge in [-0.05, 0) is 34.6 Å². The molecule has 3 nitrogen and oxygen atoms in total. The lowest BCUT2D eigenvalue weighted by atomic mass is 10.1. The van der Waals surface area contributed by atoms with Gasteiger partial charge in [-0.2, -0.15) is 0 Å². The third-order valence-electron chi connectivity index (χ3n) is 2.85. The molecular weight excluding hydrogens is 377 g/mol. The van der Waals surface area contributed by atoms with Gasteiger partial charge >= 0.3 is 0 Å². The topological polar surface area (TPSA) is 45.8 Å². The van der Waals surface area contributed by atoms with Crippen LogP contribution in [0.2, 0.25) is 0 Å². The van der Waals surface area contributed by atoms with Crippen molar-refractivity contribution in [3.8, 4) is 11.4 Å². The summed E-state index contributed by atoms with van der Waals surface area (Å²) in [5, 5.41) is 0. The molecule has 0 aliphatic carbocycles. The van der Waals surface area contributed by atoms with E-state index < -0.39 is 6.43 Å². The highest BCUT2D eigenvalue weighted by Gasteiger charge is 2.14. The molecule has 0 bridgehead atoms. The summed E-state index contributed by atoms with van der Waals surface area (Å²) < 4.78 is 26.0. The number of hydrogen-bond donors (Lipinski definition) is 1. The van der Waals surface area contributed by atoms with Crippen LogP contribution in [0, 0.1) is 3.57 Å². The van der Waals surface area contributed by atoms with Crippen molar-refractivity contribution in [2.45, 2.75) is 26.2 Å². The zero-order valence-electron chi connectivity index (χ0n) is 11.0. The molecule has 0 radical (unpaired) electrons. The molecule has 0 saturated heterocycles. The van der Waals surface area contributed by atoms with Gasteiger partial charge in [-0.15, -0.1) is 0 Å². The molecule has 1 aromatic heterocycles. The van der Waals surface area contributed by atoms with Gasteiger partial charge in [0.1, 0.15) is 5.82 Å². The summed E-state index contributed by atoms with van der Waals surface area (Å²) in [4.78, 5) is 18.9. The molecule has 0 atom stereocenters. The summed E-state index contributed by atoms with van der Waals surface area (Å²) in [7, 11) is 0. The van der Waals surface area contributed by atoms with Crippen LogP contribution in [0.5, 0.6) is 0 Å². The lowest BCUT2D eigenvalue weighted by Gasteiger charge is -2.10. The second-order valence-corrected chi connectivity index (χ2v) is 5.77. The number of aromatic amines is 1. The minimum absolute atomic E-state index is 0.0845. The summed E-state index contributed by atoms with van der Waals surface area (Å²) >= 11 is 1.95. The summed E-state index contributed by atoms with van der Waals surface area (Å²) in [5.74, 6) is 0.405. The van der Waals surface area contributed by atoms with E-state index in [4.69, 9.17) is 0 Å². The lowest BCUT2D eigenvalue weighted by molar-refractivity contribution is 0.151. The Labute approximate surface area is 128 Å². The van der Waals surface area contributed by atoms with Gasteiger partial charge in [0.25, 0.3) is 12.0 Å². The van der Waals surface area contributed by atoms with Gasteiger partial charge < -0.3 is 4.98 Å².